The van der Waals surface area contributed by atoms with E-state index in [1.54, 1.807) is 0 Å². The number of H-pyrrole nitrogens is 1. The van der Waals surface area contributed by atoms with Crippen LogP contribution in [0.2, 0.25) is 0 Å². The molecule has 20 heavy (non-hydrogen) atoms. The third kappa shape index (κ3) is 1.51. The summed E-state index contributed by atoms with van der Waals surface area (Å²) in [4.78, 5) is 7.89. The molecule has 0 saturated heterocycles. The lowest BCUT2D eigenvalue weighted by atomic mass is 10.1. The average Bonchev–Trinajstić information content (AvgIpc) is 2.95. The lowest BCUT2D eigenvalue weighted by Crippen LogP contribution is -2.04. The van der Waals surface area contributed by atoms with Gasteiger partial charge in [-0.2, -0.15) is 5.26 Å². The third-order valence-corrected chi connectivity index (χ3v) is 3.95. The number of hydrogen-bond donors (Lipinski definition) is 1. The van der Waals surface area contributed by atoms with Crippen LogP contribution in [0, 0.1) is 18.3 Å². The first kappa shape index (κ1) is 11.4. The summed E-state index contributed by atoms with van der Waals surface area (Å²) in [5.74, 6) is 2.29. The topological polar surface area (TPSA) is 70.9 Å². The minimum absolute atomic E-state index is 0.265. The molecule has 0 atom stereocenters. The molecule has 1 fully saturated rings. The highest BCUT2D eigenvalue weighted by Gasteiger charge is 2.48. The second-order valence-corrected chi connectivity index (χ2v) is 5.32. The summed E-state index contributed by atoms with van der Waals surface area (Å²) in [5, 5.41) is 9.26. The van der Waals surface area contributed by atoms with E-state index < -0.39 is 0 Å². The highest BCUT2D eigenvalue weighted by atomic mass is 16.7. The summed E-state index contributed by atoms with van der Waals surface area (Å²) in [6.07, 6.45) is 1.77. The van der Waals surface area contributed by atoms with Crippen LogP contribution in [0.5, 0.6) is 11.5 Å². The molecule has 1 saturated carbocycles. The fourth-order valence-corrected chi connectivity index (χ4v) is 2.54. The average molecular weight is 267 g/mol. The Labute approximate surface area is 116 Å². The quantitative estimate of drug-likeness (QED) is 0.908. The Morgan fingerprint density at radius 3 is 2.85 bits per heavy atom. The van der Waals surface area contributed by atoms with Gasteiger partial charge in [-0.1, -0.05) is 0 Å². The molecule has 1 aliphatic heterocycles. The van der Waals surface area contributed by atoms with Crippen molar-refractivity contribution in [2.75, 3.05) is 6.79 Å². The molecular weight excluding hydrogens is 254 g/mol. The maximum absolute atomic E-state index is 9.26. The van der Waals surface area contributed by atoms with Crippen LogP contribution in [0.3, 0.4) is 0 Å². The van der Waals surface area contributed by atoms with Gasteiger partial charge in [0.05, 0.1) is 11.8 Å². The summed E-state index contributed by atoms with van der Waals surface area (Å²) in [6.45, 7) is 2.24. The molecule has 5 heteroatoms. The molecule has 1 aromatic heterocycles. The van der Waals surface area contributed by atoms with E-state index in [0.717, 1.165) is 47.1 Å². The maximum Gasteiger partial charge on any atom is 0.231 e. The molecule has 4 rings (SSSR count). The van der Waals surface area contributed by atoms with Crippen molar-refractivity contribution in [3.63, 3.8) is 0 Å². The molecular formula is C15H13N3O2. The van der Waals surface area contributed by atoms with Crippen LogP contribution in [0.1, 0.15) is 24.4 Å². The van der Waals surface area contributed by atoms with Crippen molar-refractivity contribution in [3.8, 4) is 28.8 Å². The lowest BCUT2D eigenvalue weighted by Gasteiger charge is -2.01. The molecule has 2 heterocycles. The van der Waals surface area contributed by atoms with Gasteiger partial charge in [0, 0.05) is 11.3 Å². The smallest absolute Gasteiger partial charge is 0.231 e. The van der Waals surface area contributed by atoms with Gasteiger partial charge in [-0.05, 0) is 38.0 Å². The summed E-state index contributed by atoms with van der Waals surface area (Å²) < 4.78 is 10.7. The molecule has 0 spiro atoms. The van der Waals surface area contributed by atoms with Crippen LogP contribution >= 0.6 is 0 Å². The zero-order chi connectivity index (χ0) is 13.7. The van der Waals surface area contributed by atoms with Gasteiger partial charge in [-0.3, -0.25) is 0 Å². The normalized spacial score (nSPS) is 17.8. The van der Waals surface area contributed by atoms with Gasteiger partial charge in [-0.25, -0.2) is 4.98 Å². The number of imidazole rings is 1. The number of fused-ring (bicyclic) bond motifs is 1. The molecule has 0 amide bonds. The van der Waals surface area contributed by atoms with E-state index in [1.807, 2.05) is 25.1 Å². The van der Waals surface area contributed by atoms with Crippen molar-refractivity contribution in [2.24, 2.45) is 0 Å². The Kier molecular flexibility index (Phi) is 2.14. The monoisotopic (exact) mass is 267 g/mol. The standard InChI is InChI=1S/C15H13N3O2/c1-9-13(18-14(17-9)15(7-16)4-5-15)10-2-3-11-12(6-10)20-8-19-11/h2-3,6H,4-5,8H2,1H3,(H,17,18). The van der Waals surface area contributed by atoms with Crippen LogP contribution in [0.4, 0.5) is 0 Å². The van der Waals surface area contributed by atoms with Gasteiger partial charge in [0.25, 0.3) is 0 Å². The number of nitrogens with one attached hydrogen (secondary N) is 1. The van der Waals surface area contributed by atoms with Crippen LogP contribution in [0.15, 0.2) is 18.2 Å². The highest BCUT2D eigenvalue weighted by molar-refractivity contribution is 5.66. The van der Waals surface area contributed by atoms with Gasteiger partial charge in [0.15, 0.2) is 11.5 Å². The number of ether oxygens (including phenoxy) is 2. The molecule has 1 aliphatic carbocycles. The Bertz CT molecular complexity index is 738. The van der Waals surface area contributed by atoms with Crippen molar-refractivity contribution in [1.29, 1.82) is 5.26 Å². The molecule has 2 aliphatic rings. The van der Waals surface area contributed by atoms with E-state index >= 15 is 0 Å². The second-order valence-electron chi connectivity index (χ2n) is 5.32. The number of hydrogen-bond acceptors (Lipinski definition) is 4. The molecule has 2 aromatic rings. The van der Waals surface area contributed by atoms with Crippen LogP contribution < -0.4 is 9.47 Å². The fourth-order valence-electron chi connectivity index (χ4n) is 2.54. The summed E-state index contributed by atoms with van der Waals surface area (Å²) in [6, 6.07) is 8.15. The van der Waals surface area contributed by atoms with Crippen LogP contribution in [0.25, 0.3) is 11.3 Å². The molecule has 5 nitrogen and oxygen atoms in total. The Balaban J connectivity index is 1.78. The molecule has 1 aromatic carbocycles. The number of nitrogens with zero attached hydrogens (tertiary/aromatic N) is 2. The van der Waals surface area contributed by atoms with E-state index in [1.165, 1.54) is 0 Å². The van der Waals surface area contributed by atoms with Gasteiger partial charge in [0.1, 0.15) is 11.2 Å². The van der Waals surface area contributed by atoms with Crippen molar-refractivity contribution in [2.45, 2.75) is 25.2 Å². The summed E-state index contributed by atoms with van der Waals surface area (Å²) in [5.41, 5.74) is 2.43. The predicted octanol–water partition coefficient (Wildman–Crippen LogP) is 2.67. The first-order chi connectivity index (χ1) is 9.72. The summed E-state index contributed by atoms with van der Waals surface area (Å²) in [7, 11) is 0. The molecule has 100 valence electrons. The number of aryl methyl sites for hydroxylation is 1. The molecule has 0 radical (unpaired) electrons. The first-order valence-electron chi connectivity index (χ1n) is 6.60. The van der Waals surface area contributed by atoms with E-state index in [9.17, 15) is 5.26 Å². The Morgan fingerprint density at radius 2 is 2.10 bits per heavy atom. The van der Waals surface area contributed by atoms with Crippen molar-refractivity contribution in [3.05, 3.63) is 29.7 Å². The minimum Gasteiger partial charge on any atom is -0.454 e. The number of aromatic nitrogens is 2. The highest BCUT2D eigenvalue weighted by Crippen LogP contribution is 2.47. The van der Waals surface area contributed by atoms with E-state index in [4.69, 9.17) is 9.47 Å². The molecule has 1 N–H and O–H groups in total. The maximum atomic E-state index is 9.26. The van der Waals surface area contributed by atoms with Crippen molar-refractivity contribution >= 4 is 0 Å². The third-order valence-electron chi connectivity index (χ3n) is 3.95. The zero-order valence-electron chi connectivity index (χ0n) is 11.1. The first-order valence-corrected chi connectivity index (χ1v) is 6.60. The molecule has 0 unspecified atom stereocenters. The number of aromatic amines is 1. The lowest BCUT2D eigenvalue weighted by molar-refractivity contribution is 0.174. The van der Waals surface area contributed by atoms with Crippen molar-refractivity contribution < 1.29 is 9.47 Å². The number of nitriles is 1. The zero-order valence-corrected chi connectivity index (χ0v) is 11.1. The number of benzene rings is 1. The minimum atomic E-state index is -0.390. The number of rotatable bonds is 2. The van der Waals surface area contributed by atoms with Gasteiger partial charge in [-0.15, -0.1) is 0 Å². The van der Waals surface area contributed by atoms with Gasteiger partial charge in [0.2, 0.25) is 6.79 Å². The van der Waals surface area contributed by atoms with Crippen LogP contribution in [-0.4, -0.2) is 16.8 Å². The predicted molar refractivity (Wildman–Crippen MR) is 71.4 cm³/mol. The SMILES string of the molecule is Cc1[nH]c(C2(C#N)CC2)nc1-c1ccc2c(c1)OCO2. The fraction of sp³-hybridized carbons (Fsp3) is 0.333. The van der Waals surface area contributed by atoms with E-state index in [-0.39, 0.29) is 12.2 Å². The van der Waals surface area contributed by atoms with Crippen LogP contribution in [-0.2, 0) is 5.41 Å². The Hall–Kier alpha value is -2.48. The van der Waals surface area contributed by atoms with Gasteiger partial charge < -0.3 is 14.5 Å². The van der Waals surface area contributed by atoms with Crippen molar-refractivity contribution in [1.82, 2.24) is 9.97 Å². The molecule has 0 bridgehead atoms. The van der Waals surface area contributed by atoms with Gasteiger partial charge >= 0.3 is 0 Å². The second kappa shape index (κ2) is 3.76. The van der Waals surface area contributed by atoms with E-state index in [0.29, 0.717) is 0 Å². The van der Waals surface area contributed by atoms with E-state index in [2.05, 4.69) is 16.0 Å². The Morgan fingerprint density at radius 1 is 1.30 bits per heavy atom. The largest absolute Gasteiger partial charge is 0.454 e. The summed E-state index contributed by atoms with van der Waals surface area (Å²) >= 11 is 0.